The van der Waals surface area contributed by atoms with Gasteiger partial charge in [0.15, 0.2) is 0 Å². The first-order chi connectivity index (χ1) is 15.2. The average molecular weight is 450 g/mol. The standard InChI is InChI=1S/C23H25F3N2O4/c1-31-19-8-4-6-16(10-19)13-28-14-18(12-20(28)22(30)32-2)27-21(29)11-15-5-3-7-17(9-15)23(24,25)26/h3-10,18,20H,11-14H2,1-2H3,(H,27,29)/t18-,20+/m1/s1. The van der Waals surface area contributed by atoms with Crippen molar-refractivity contribution in [3.63, 3.8) is 0 Å². The van der Waals surface area contributed by atoms with Crippen molar-refractivity contribution in [3.05, 3.63) is 65.2 Å². The van der Waals surface area contributed by atoms with E-state index in [2.05, 4.69) is 5.32 Å². The molecule has 1 saturated heterocycles. The molecule has 0 saturated carbocycles. The lowest BCUT2D eigenvalue weighted by molar-refractivity contribution is -0.146. The highest BCUT2D eigenvalue weighted by molar-refractivity contribution is 5.80. The summed E-state index contributed by atoms with van der Waals surface area (Å²) in [5, 5.41) is 2.84. The summed E-state index contributed by atoms with van der Waals surface area (Å²) >= 11 is 0. The lowest BCUT2D eigenvalue weighted by Gasteiger charge is -2.22. The first-order valence-corrected chi connectivity index (χ1v) is 10.1. The second kappa shape index (κ2) is 10.0. The minimum absolute atomic E-state index is 0.181. The molecule has 0 bridgehead atoms. The number of hydrogen-bond acceptors (Lipinski definition) is 5. The number of rotatable bonds is 7. The van der Waals surface area contributed by atoms with E-state index >= 15 is 0 Å². The Hall–Kier alpha value is -3.07. The molecule has 3 rings (SSSR count). The second-order valence-corrected chi connectivity index (χ2v) is 7.69. The van der Waals surface area contributed by atoms with Crippen LogP contribution in [0, 0.1) is 0 Å². The number of nitrogens with one attached hydrogen (secondary N) is 1. The van der Waals surface area contributed by atoms with E-state index < -0.39 is 29.7 Å². The molecule has 6 nitrogen and oxygen atoms in total. The van der Waals surface area contributed by atoms with Crippen molar-refractivity contribution < 1.29 is 32.2 Å². The zero-order valence-corrected chi connectivity index (χ0v) is 17.8. The molecule has 172 valence electrons. The zero-order valence-electron chi connectivity index (χ0n) is 17.8. The number of ether oxygens (including phenoxy) is 2. The molecule has 1 aliphatic rings. The minimum atomic E-state index is -4.47. The maximum absolute atomic E-state index is 12.9. The molecule has 0 radical (unpaired) electrons. The summed E-state index contributed by atoms with van der Waals surface area (Å²) in [5.74, 6) is -0.106. The molecule has 2 atom stereocenters. The van der Waals surface area contributed by atoms with Crippen LogP contribution in [0.25, 0.3) is 0 Å². The molecule has 2 aromatic rings. The molecule has 2 aromatic carbocycles. The fourth-order valence-corrected chi connectivity index (χ4v) is 3.89. The number of alkyl halides is 3. The third kappa shape index (κ3) is 6.00. The van der Waals surface area contributed by atoms with Gasteiger partial charge in [0.05, 0.1) is 26.2 Å². The summed E-state index contributed by atoms with van der Waals surface area (Å²) in [4.78, 5) is 26.7. The molecule has 1 aliphatic heterocycles. The van der Waals surface area contributed by atoms with Crippen molar-refractivity contribution in [3.8, 4) is 5.75 Å². The molecule has 0 unspecified atom stereocenters. The van der Waals surface area contributed by atoms with E-state index in [9.17, 15) is 22.8 Å². The first kappa shape index (κ1) is 23.6. The van der Waals surface area contributed by atoms with Gasteiger partial charge < -0.3 is 14.8 Å². The molecule has 32 heavy (non-hydrogen) atoms. The van der Waals surface area contributed by atoms with Crippen LogP contribution in [0.4, 0.5) is 13.2 Å². The van der Waals surface area contributed by atoms with Crippen molar-refractivity contribution in [2.75, 3.05) is 20.8 Å². The highest BCUT2D eigenvalue weighted by atomic mass is 19.4. The fraction of sp³-hybridized carbons (Fsp3) is 0.391. The number of nitrogens with zero attached hydrogens (tertiary/aromatic N) is 1. The topological polar surface area (TPSA) is 67.9 Å². The number of esters is 1. The second-order valence-electron chi connectivity index (χ2n) is 7.69. The number of benzene rings is 2. The number of likely N-dealkylation sites (tertiary alicyclic amines) is 1. The molecule has 1 amide bonds. The van der Waals surface area contributed by atoms with E-state index in [1.807, 2.05) is 29.2 Å². The quantitative estimate of drug-likeness (QED) is 0.657. The zero-order chi connectivity index (χ0) is 23.3. The van der Waals surface area contributed by atoms with Gasteiger partial charge in [-0.15, -0.1) is 0 Å². The van der Waals surface area contributed by atoms with E-state index in [0.29, 0.717) is 25.3 Å². The van der Waals surface area contributed by atoms with Crippen LogP contribution in [0.1, 0.15) is 23.1 Å². The SMILES string of the molecule is COC(=O)[C@@H]1C[C@@H](NC(=O)Cc2cccc(C(F)(F)F)c2)CN1Cc1cccc(OC)c1. The maximum Gasteiger partial charge on any atom is 0.416 e. The highest BCUT2D eigenvalue weighted by Gasteiger charge is 2.38. The van der Waals surface area contributed by atoms with Crippen LogP contribution in [0.2, 0.25) is 0 Å². The van der Waals surface area contributed by atoms with Crippen molar-refractivity contribution >= 4 is 11.9 Å². The number of methoxy groups -OCH3 is 2. The van der Waals surface area contributed by atoms with Gasteiger partial charge in [0, 0.05) is 19.1 Å². The fourth-order valence-electron chi connectivity index (χ4n) is 3.89. The van der Waals surface area contributed by atoms with Crippen molar-refractivity contribution in [2.24, 2.45) is 0 Å². The molecule has 0 aliphatic carbocycles. The van der Waals surface area contributed by atoms with Crippen LogP contribution < -0.4 is 10.1 Å². The average Bonchev–Trinajstić information content (AvgIpc) is 3.14. The van der Waals surface area contributed by atoms with E-state index in [1.165, 1.54) is 19.2 Å². The summed E-state index contributed by atoms with van der Waals surface area (Å²) in [6.45, 7) is 0.863. The minimum Gasteiger partial charge on any atom is -0.497 e. The third-order valence-electron chi connectivity index (χ3n) is 5.38. The van der Waals surface area contributed by atoms with E-state index in [1.54, 1.807) is 7.11 Å². The largest absolute Gasteiger partial charge is 0.497 e. The van der Waals surface area contributed by atoms with Gasteiger partial charge in [0.1, 0.15) is 11.8 Å². The molecular formula is C23H25F3N2O4. The smallest absolute Gasteiger partial charge is 0.416 e. The van der Waals surface area contributed by atoms with Gasteiger partial charge in [-0.3, -0.25) is 14.5 Å². The van der Waals surface area contributed by atoms with Crippen molar-refractivity contribution in [2.45, 2.75) is 37.6 Å². The molecule has 1 fully saturated rings. The van der Waals surface area contributed by atoms with Gasteiger partial charge in [0.25, 0.3) is 0 Å². The van der Waals surface area contributed by atoms with Gasteiger partial charge in [-0.2, -0.15) is 13.2 Å². The summed E-state index contributed by atoms with van der Waals surface area (Å²) in [6.07, 6.45) is -4.30. The van der Waals surface area contributed by atoms with E-state index in [-0.39, 0.29) is 18.0 Å². The van der Waals surface area contributed by atoms with E-state index in [4.69, 9.17) is 9.47 Å². The number of hydrogen-bond donors (Lipinski definition) is 1. The summed E-state index contributed by atoms with van der Waals surface area (Å²) in [7, 11) is 2.88. The normalized spacial score (nSPS) is 18.9. The Morgan fingerprint density at radius 2 is 1.81 bits per heavy atom. The summed E-state index contributed by atoms with van der Waals surface area (Å²) in [5.41, 5.74) is 0.418. The molecule has 0 aromatic heterocycles. The van der Waals surface area contributed by atoms with Crippen LogP contribution in [0.15, 0.2) is 48.5 Å². The number of carbonyl (C=O) groups excluding carboxylic acids is 2. The van der Waals surface area contributed by atoms with Crippen molar-refractivity contribution in [1.29, 1.82) is 0 Å². The Morgan fingerprint density at radius 1 is 1.09 bits per heavy atom. The lowest BCUT2D eigenvalue weighted by atomic mass is 10.1. The Kier molecular flexibility index (Phi) is 7.40. The third-order valence-corrected chi connectivity index (χ3v) is 5.38. The monoisotopic (exact) mass is 450 g/mol. The molecule has 1 N–H and O–H groups in total. The first-order valence-electron chi connectivity index (χ1n) is 10.1. The Balaban J connectivity index is 1.65. The Morgan fingerprint density at radius 3 is 2.50 bits per heavy atom. The van der Waals surface area contributed by atoms with Crippen molar-refractivity contribution in [1.82, 2.24) is 10.2 Å². The van der Waals surface area contributed by atoms with Crippen LogP contribution >= 0.6 is 0 Å². The van der Waals surface area contributed by atoms with Crippen LogP contribution in [-0.2, 0) is 33.5 Å². The van der Waals surface area contributed by atoms with Gasteiger partial charge in [-0.1, -0.05) is 30.3 Å². The van der Waals surface area contributed by atoms with Gasteiger partial charge in [-0.25, -0.2) is 0 Å². The predicted molar refractivity (Wildman–Crippen MR) is 111 cm³/mol. The summed E-state index contributed by atoms with van der Waals surface area (Å²) < 4.78 is 48.8. The number of carbonyl (C=O) groups is 2. The van der Waals surface area contributed by atoms with Crippen LogP contribution in [-0.4, -0.2) is 49.6 Å². The lowest BCUT2D eigenvalue weighted by Crippen LogP contribution is -2.38. The van der Waals surface area contributed by atoms with Crippen LogP contribution in [0.3, 0.4) is 0 Å². The van der Waals surface area contributed by atoms with Gasteiger partial charge >= 0.3 is 12.1 Å². The Bertz CT molecular complexity index is 964. The molecule has 1 heterocycles. The number of halogens is 3. The van der Waals surface area contributed by atoms with Crippen LogP contribution in [0.5, 0.6) is 5.75 Å². The maximum atomic E-state index is 12.9. The van der Waals surface area contributed by atoms with E-state index in [0.717, 1.165) is 17.7 Å². The Labute approximate surface area is 184 Å². The molecule has 0 spiro atoms. The number of amides is 1. The predicted octanol–water partition coefficient (Wildman–Crippen LogP) is 3.19. The van der Waals surface area contributed by atoms with Gasteiger partial charge in [-0.05, 0) is 35.7 Å². The highest BCUT2D eigenvalue weighted by Crippen LogP contribution is 2.29. The molecular weight excluding hydrogens is 425 g/mol. The summed E-state index contributed by atoms with van der Waals surface area (Å²) in [6, 6.07) is 11.3. The van der Waals surface area contributed by atoms with Gasteiger partial charge in [0.2, 0.25) is 5.91 Å². The molecule has 9 heteroatoms.